The van der Waals surface area contributed by atoms with E-state index in [1.165, 1.54) is 0 Å². The van der Waals surface area contributed by atoms with Crippen LogP contribution in [0.5, 0.6) is 5.75 Å². The summed E-state index contributed by atoms with van der Waals surface area (Å²) in [5, 5.41) is 0. The number of benzene rings is 2. The highest BCUT2D eigenvalue weighted by Gasteiger charge is 2.18. The summed E-state index contributed by atoms with van der Waals surface area (Å²) in [6, 6.07) is 9.23. The predicted molar refractivity (Wildman–Crippen MR) is 95.5 cm³/mol. The second-order valence-corrected chi connectivity index (χ2v) is 8.48. The van der Waals surface area contributed by atoms with Crippen molar-refractivity contribution in [1.29, 1.82) is 0 Å². The van der Waals surface area contributed by atoms with Crippen molar-refractivity contribution in [2.24, 2.45) is 0 Å². The Morgan fingerprint density at radius 1 is 1.04 bits per heavy atom. The van der Waals surface area contributed by atoms with Gasteiger partial charge in [-0.15, -0.1) is 4.83 Å². The van der Waals surface area contributed by atoms with Crippen LogP contribution < -0.4 is 15.0 Å². The van der Waals surface area contributed by atoms with Gasteiger partial charge in [0.2, 0.25) is 0 Å². The average molecular weight is 398 g/mol. The molecule has 0 spiro atoms. The van der Waals surface area contributed by atoms with E-state index in [0.717, 1.165) is 11.6 Å². The maximum atomic E-state index is 13.1. The number of nitrogens with one attached hydrogen (secondary N) is 2. The number of ether oxygens (including phenoxy) is 1. The summed E-state index contributed by atoms with van der Waals surface area (Å²) < 4.78 is 55.2. The molecule has 0 atom stereocenters. The molecule has 0 fully saturated rings. The topological polar surface area (TPSA) is 84.5 Å². The molecule has 0 bridgehead atoms. The lowest BCUT2D eigenvalue weighted by molar-refractivity contribution is -0.123. The number of hydrogen-bond donors (Lipinski definition) is 2. The number of sulfonamides is 1. The molecule has 2 aromatic carbocycles. The third-order valence-electron chi connectivity index (χ3n) is 3.62. The Morgan fingerprint density at radius 2 is 1.67 bits per heavy atom. The van der Waals surface area contributed by atoms with E-state index < -0.39 is 39.1 Å². The van der Waals surface area contributed by atoms with Gasteiger partial charge in [0.05, 0.1) is 4.90 Å². The van der Waals surface area contributed by atoms with Crippen LogP contribution in [0.15, 0.2) is 47.4 Å². The molecule has 0 aliphatic heterocycles. The molecule has 0 radical (unpaired) electrons. The summed E-state index contributed by atoms with van der Waals surface area (Å²) in [5.74, 6) is -2.81. The Bertz CT molecular complexity index is 923. The van der Waals surface area contributed by atoms with Crippen molar-refractivity contribution in [2.45, 2.75) is 31.1 Å². The smallest absolute Gasteiger partial charge is 0.272 e. The number of amides is 1. The quantitative estimate of drug-likeness (QED) is 0.733. The van der Waals surface area contributed by atoms with Gasteiger partial charge in [0, 0.05) is 0 Å². The molecule has 0 aliphatic carbocycles. The highest BCUT2D eigenvalue weighted by molar-refractivity contribution is 7.89. The van der Waals surface area contributed by atoms with E-state index in [4.69, 9.17) is 4.74 Å². The van der Waals surface area contributed by atoms with Crippen LogP contribution in [-0.2, 0) is 20.2 Å². The molecular weight excluding hydrogens is 378 g/mol. The fourth-order valence-electron chi connectivity index (χ4n) is 2.06. The Hall–Kier alpha value is -2.52. The van der Waals surface area contributed by atoms with E-state index in [9.17, 15) is 22.0 Å². The van der Waals surface area contributed by atoms with Crippen molar-refractivity contribution >= 4 is 15.9 Å². The summed E-state index contributed by atoms with van der Waals surface area (Å²) in [4.78, 5) is 13.0. The largest absolute Gasteiger partial charge is 0.484 e. The summed E-state index contributed by atoms with van der Waals surface area (Å²) in [7, 11) is -4.24. The van der Waals surface area contributed by atoms with E-state index in [-0.39, 0.29) is 5.41 Å². The van der Waals surface area contributed by atoms with Crippen molar-refractivity contribution in [1.82, 2.24) is 10.3 Å². The highest BCUT2D eigenvalue weighted by atomic mass is 32.2. The van der Waals surface area contributed by atoms with Gasteiger partial charge in [0.1, 0.15) is 5.75 Å². The second kappa shape index (κ2) is 8.01. The van der Waals surface area contributed by atoms with Crippen LogP contribution >= 0.6 is 0 Å². The SMILES string of the molecule is CC(C)(C)c1ccc(OCC(=O)NNS(=O)(=O)c2ccc(F)c(F)c2)cc1. The Labute approximate surface area is 156 Å². The zero-order valence-electron chi connectivity index (χ0n) is 15.0. The molecule has 0 heterocycles. The number of hydrazine groups is 1. The van der Waals surface area contributed by atoms with Crippen LogP contribution in [0.4, 0.5) is 8.78 Å². The first-order chi connectivity index (χ1) is 12.5. The minimum atomic E-state index is -4.24. The Balaban J connectivity index is 1.89. The molecule has 0 saturated heterocycles. The number of rotatable bonds is 6. The predicted octanol–water partition coefficient (Wildman–Crippen LogP) is 2.65. The summed E-state index contributed by atoms with van der Waals surface area (Å²) in [5.41, 5.74) is 3.02. The molecule has 0 saturated carbocycles. The number of carbonyl (C=O) groups is 1. The summed E-state index contributed by atoms with van der Waals surface area (Å²) in [6.07, 6.45) is 0. The monoisotopic (exact) mass is 398 g/mol. The zero-order chi connectivity index (χ0) is 20.2. The molecule has 9 heteroatoms. The number of halogens is 2. The average Bonchev–Trinajstić information content (AvgIpc) is 2.60. The lowest BCUT2D eigenvalue weighted by Crippen LogP contribution is -2.43. The first-order valence-corrected chi connectivity index (χ1v) is 9.46. The summed E-state index contributed by atoms with van der Waals surface area (Å²) in [6.45, 7) is 5.76. The van der Waals surface area contributed by atoms with Crippen LogP contribution in [-0.4, -0.2) is 20.9 Å². The minimum absolute atomic E-state index is 0.0198. The first-order valence-electron chi connectivity index (χ1n) is 7.98. The Kier molecular flexibility index (Phi) is 6.17. The van der Waals surface area contributed by atoms with E-state index >= 15 is 0 Å². The maximum absolute atomic E-state index is 13.1. The van der Waals surface area contributed by atoms with Crippen LogP contribution in [0.1, 0.15) is 26.3 Å². The molecule has 2 aromatic rings. The molecule has 27 heavy (non-hydrogen) atoms. The molecule has 1 amide bonds. The van der Waals surface area contributed by atoms with Crippen molar-refractivity contribution in [3.05, 3.63) is 59.7 Å². The lowest BCUT2D eigenvalue weighted by Gasteiger charge is -2.19. The molecular formula is C18H20F2N2O4S. The molecule has 146 valence electrons. The van der Waals surface area contributed by atoms with Crippen molar-refractivity contribution in [3.63, 3.8) is 0 Å². The third kappa shape index (κ3) is 5.73. The standard InChI is InChI=1S/C18H20F2N2O4S/c1-18(2,3)12-4-6-13(7-5-12)26-11-17(23)21-22-27(24,25)14-8-9-15(19)16(20)10-14/h4-10,22H,11H2,1-3H3,(H,21,23). The lowest BCUT2D eigenvalue weighted by atomic mass is 9.87. The van der Waals surface area contributed by atoms with E-state index in [2.05, 4.69) is 20.8 Å². The highest BCUT2D eigenvalue weighted by Crippen LogP contribution is 2.24. The van der Waals surface area contributed by atoms with E-state index in [0.29, 0.717) is 17.9 Å². The van der Waals surface area contributed by atoms with Gasteiger partial charge in [-0.05, 0) is 41.3 Å². The van der Waals surface area contributed by atoms with Gasteiger partial charge in [-0.3, -0.25) is 10.2 Å². The molecule has 6 nitrogen and oxygen atoms in total. The number of carbonyl (C=O) groups excluding carboxylic acids is 1. The third-order valence-corrected chi connectivity index (χ3v) is 4.86. The maximum Gasteiger partial charge on any atom is 0.272 e. The van der Waals surface area contributed by atoms with Crippen LogP contribution in [0.25, 0.3) is 0 Å². The summed E-state index contributed by atoms with van der Waals surface area (Å²) >= 11 is 0. The van der Waals surface area contributed by atoms with Crippen LogP contribution in [0, 0.1) is 11.6 Å². The first kappa shape index (κ1) is 20.8. The van der Waals surface area contributed by atoms with Gasteiger partial charge in [-0.1, -0.05) is 32.9 Å². The van der Waals surface area contributed by atoms with Crippen LogP contribution in [0.2, 0.25) is 0 Å². The van der Waals surface area contributed by atoms with Crippen molar-refractivity contribution in [3.8, 4) is 5.75 Å². The van der Waals surface area contributed by atoms with Gasteiger partial charge in [-0.2, -0.15) is 0 Å². The van der Waals surface area contributed by atoms with Gasteiger partial charge in [-0.25, -0.2) is 17.2 Å². The van der Waals surface area contributed by atoms with Gasteiger partial charge >= 0.3 is 0 Å². The van der Waals surface area contributed by atoms with E-state index in [1.807, 2.05) is 17.6 Å². The molecule has 0 aromatic heterocycles. The van der Waals surface area contributed by atoms with Gasteiger partial charge in [0.15, 0.2) is 18.2 Å². The zero-order valence-corrected chi connectivity index (χ0v) is 15.9. The molecule has 0 aliphatic rings. The number of hydrogen-bond acceptors (Lipinski definition) is 4. The van der Waals surface area contributed by atoms with Crippen molar-refractivity contribution < 1.29 is 26.7 Å². The molecule has 0 unspecified atom stereocenters. The second-order valence-electron chi connectivity index (χ2n) is 6.79. The fourth-order valence-corrected chi connectivity index (χ4v) is 2.94. The van der Waals surface area contributed by atoms with Gasteiger partial charge < -0.3 is 4.74 Å². The molecule has 2 rings (SSSR count). The van der Waals surface area contributed by atoms with Crippen LogP contribution in [0.3, 0.4) is 0 Å². The molecule has 2 N–H and O–H groups in total. The minimum Gasteiger partial charge on any atom is -0.484 e. The Morgan fingerprint density at radius 3 is 2.22 bits per heavy atom. The van der Waals surface area contributed by atoms with Gasteiger partial charge in [0.25, 0.3) is 15.9 Å². The van der Waals surface area contributed by atoms with Crippen molar-refractivity contribution in [2.75, 3.05) is 6.61 Å². The fraction of sp³-hybridized carbons (Fsp3) is 0.278. The normalized spacial score (nSPS) is 11.9. The van der Waals surface area contributed by atoms with E-state index in [1.54, 1.807) is 17.0 Å².